The number of rotatable bonds is 5. The van der Waals surface area contributed by atoms with Gasteiger partial charge in [-0.15, -0.1) is 0 Å². The number of carbonyl (C=O) groups excluding carboxylic acids is 1. The molecule has 0 spiro atoms. The lowest BCUT2D eigenvalue weighted by Gasteiger charge is -2.04. The zero-order chi connectivity index (χ0) is 19.3. The van der Waals surface area contributed by atoms with E-state index >= 15 is 0 Å². The second-order valence-corrected chi connectivity index (χ2v) is 6.63. The van der Waals surface area contributed by atoms with Gasteiger partial charge in [0.15, 0.2) is 5.76 Å². The maximum absolute atomic E-state index is 12.6. The van der Waals surface area contributed by atoms with Crippen LogP contribution >= 0.6 is 0 Å². The van der Waals surface area contributed by atoms with Gasteiger partial charge in [0.1, 0.15) is 18.1 Å². The van der Waals surface area contributed by atoms with Crippen molar-refractivity contribution in [2.24, 2.45) is 0 Å². The Hall–Kier alpha value is -3.59. The van der Waals surface area contributed by atoms with Crippen LogP contribution in [0.2, 0.25) is 0 Å². The number of allylic oxidation sites excluding steroid dienone is 1. The van der Waals surface area contributed by atoms with E-state index in [9.17, 15) is 4.79 Å². The number of carbonyl (C=O) groups is 1. The Morgan fingerprint density at radius 2 is 1.71 bits per heavy atom. The Balaban J connectivity index is 1.43. The normalized spacial score (nSPS) is 14.3. The predicted octanol–water partition coefficient (Wildman–Crippen LogP) is 5.70. The van der Waals surface area contributed by atoms with E-state index in [1.54, 1.807) is 24.3 Å². The monoisotopic (exact) mass is 368 g/mol. The number of Topliss-reactive ketones (excluding diaryl/α,β-unsaturated/α-hetero) is 1. The Morgan fingerprint density at radius 1 is 0.929 bits per heavy atom. The van der Waals surface area contributed by atoms with Crippen molar-refractivity contribution < 1.29 is 14.3 Å². The molecule has 138 valence electrons. The average Bonchev–Trinajstić information content (AvgIpc) is 3.03. The van der Waals surface area contributed by atoms with E-state index in [0.717, 1.165) is 11.1 Å². The van der Waals surface area contributed by atoms with Crippen molar-refractivity contribution in [1.82, 2.24) is 0 Å². The molecule has 0 aromatic heterocycles. The summed E-state index contributed by atoms with van der Waals surface area (Å²) < 4.78 is 11.5. The van der Waals surface area contributed by atoms with Crippen LogP contribution in [0.4, 0.5) is 0 Å². The molecule has 1 heterocycles. The smallest absolute Gasteiger partial charge is 0.231 e. The van der Waals surface area contributed by atoms with Gasteiger partial charge >= 0.3 is 0 Å². The van der Waals surface area contributed by atoms with Gasteiger partial charge in [-0.05, 0) is 42.3 Å². The molecule has 0 saturated carbocycles. The molecule has 4 rings (SSSR count). The summed E-state index contributed by atoms with van der Waals surface area (Å²) >= 11 is 0. The molecule has 0 amide bonds. The molecule has 0 atom stereocenters. The van der Waals surface area contributed by atoms with Gasteiger partial charge in [-0.3, -0.25) is 4.79 Å². The first-order chi connectivity index (χ1) is 13.7. The SMILES string of the molecule is Cc1ccc(C=C2Oc3cc(OCC=Cc4ccccc4)ccc3C2=O)cc1. The zero-order valence-corrected chi connectivity index (χ0v) is 15.6. The third-order valence-corrected chi connectivity index (χ3v) is 4.47. The third kappa shape index (κ3) is 4.04. The third-order valence-electron chi connectivity index (χ3n) is 4.47. The number of aryl methyl sites for hydroxylation is 1. The molecule has 1 aliphatic rings. The Labute approximate surface area is 164 Å². The van der Waals surface area contributed by atoms with Crippen molar-refractivity contribution in [2.75, 3.05) is 6.61 Å². The summed E-state index contributed by atoms with van der Waals surface area (Å²) in [5.74, 6) is 1.43. The van der Waals surface area contributed by atoms with E-state index in [2.05, 4.69) is 0 Å². The van der Waals surface area contributed by atoms with Crippen LogP contribution in [0.1, 0.15) is 27.0 Å². The fourth-order valence-electron chi connectivity index (χ4n) is 2.96. The molecule has 0 radical (unpaired) electrons. The Bertz CT molecular complexity index is 1040. The second-order valence-electron chi connectivity index (χ2n) is 6.63. The second kappa shape index (κ2) is 7.97. The summed E-state index contributed by atoms with van der Waals surface area (Å²) in [7, 11) is 0. The predicted molar refractivity (Wildman–Crippen MR) is 112 cm³/mol. The summed E-state index contributed by atoms with van der Waals surface area (Å²) in [6.07, 6.45) is 5.73. The number of ether oxygens (including phenoxy) is 2. The lowest BCUT2D eigenvalue weighted by atomic mass is 10.1. The van der Waals surface area contributed by atoms with Crippen LogP contribution in [0.25, 0.3) is 12.2 Å². The molecule has 0 saturated heterocycles. The maximum atomic E-state index is 12.6. The van der Waals surface area contributed by atoms with Crippen molar-refractivity contribution >= 4 is 17.9 Å². The lowest BCUT2D eigenvalue weighted by Crippen LogP contribution is -1.98. The van der Waals surface area contributed by atoms with E-state index in [0.29, 0.717) is 29.4 Å². The zero-order valence-electron chi connectivity index (χ0n) is 15.6. The highest BCUT2D eigenvalue weighted by Gasteiger charge is 2.27. The molecular weight excluding hydrogens is 348 g/mol. The van der Waals surface area contributed by atoms with Gasteiger partial charge in [-0.2, -0.15) is 0 Å². The molecule has 3 aromatic carbocycles. The van der Waals surface area contributed by atoms with Crippen molar-refractivity contribution in [3.63, 3.8) is 0 Å². The van der Waals surface area contributed by atoms with Crippen LogP contribution in [-0.2, 0) is 0 Å². The van der Waals surface area contributed by atoms with Crippen LogP contribution in [0.3, 0.4) is 0 Å². The molecule has 0 bridgehead atoms. The van der Waals surface area contributed by atoms with Crippen LogP contribution in [-0.4, -0.2) is 12.4 Å². The Morgan fingerprint density at radius 3 is 2.50 bits per heavy atom. The molecule has 0 unspecified atom stereocenters. The van der Waals surface area contributed by atoms with Crippen LogP contribution in [0.5, 0.6) is 11.5 Å². The van der Waals surface area contributed by atoms with Crippen molar-refractivity contribution in [3.05, 3.63) is 107 Å². The maximum Gasteiger partial charge on any atom is 0.231 e. The summed E-state index contributed by atoms with van der Waals surface area (Å²) in [4.78, 5) is 12.6. The minimum absolute atomic E-state index is 0.105. The van der Waals surface area contributed by atoms with Crippen molar-refractivity contribution in [1.29, 1.82) is 0 Å². The minimum Gasteiger partial charge on any atom is -0.489 e. The van der Waals surface area contributed by atoms with Gasteiger partial charge in [0.2, 0.25) is 5.78 Å². The topological polar surface area (TPSA) is 35.5 Å². The molecule has 3 aromatic rings. The van der Waals surface area contributed by atoms with Crippen molar-refractivity contribution in [2.45, 2.75) is 6.92 Å². The molecule has 1 aliphatic heterocycles. The van der Waals surface area contributed by atoms with Crippen LogP contribution in [0, 0.1) is 6.92 Å². The summed E-state index contributed by atoms with van der Waals surface area (Å²) in [6, 6.07) is 23.3. The van der Waals surface area contributed by atoms with Crippen LogP contribution in [0.15, 0.2) is 84.6 Å². The summed E-state index contributed by atoms with van der Waals surface area (Å²) in [5, 5.41) is 0. The highest BCUT2D eigenvalue weighted by molar-refractivity contribution is 6.14. The molecule has 3 nitrogen and oxygen atoms in total. The molecule has 0 fully saturated rings. The molecule has 0 aliphatic carbocycles. The van der Waals surface area contributed by atoms with E-state index in [4.69, 9.17) is 9.47 Å². The molecule has 28 heavy (non-hydrogen) atoms. The van der Waals surface area contributed by atoms with E-state index in [-0.39, 0.29) is 5.78 Å². The minimum atomic E-state index is -0.105. The number of ketones is 1. The quantitative estimate of drug-likeness (QED) is 0.542. The van der Waals surface area contributed by atoms with Crippen LogP contribution < -0.4 is 9.47 Å². The lowest BCUT2D eigenvalue weighted by molar-refractivity contribution is 0.101. The fraction of sp³-hybridized carbons (Fsp3) is 0.0800. The van der Waals surface area contributed by atoms with Gasteiger partial charge in [0, 0.05) is 6.07 Å². The first-order valence-electron chi connectivity index (χ1n) is 9.18. The van der Waals surface area contributed by atoms with Gasteiger partial charge < -0.3 is 9.47 Å². The highest BCUT2D eigenvalue weighted by Crippen LogP contribution is 2.34. The summed E-state index contributed by atoms with van der Waals surface area (Å²) in [6.45, 7) is 2.47. The highest BCUT2D eigenvalue weighted by atomic mass is 16.5. The average molecular weight is 368 g/mol. The van der Waals surface area contributed by atoms with E-state index < -0.39 is 0 Å². The van der Waals surface area contributed by atoms with Gasteiger partial charge in [-0.1, -0.05) is 66.2 Å². The van der Waals surface area contributed by atoms with E-state index in [1.165, 1.54) is 5.56 Å². The first-order valence-corrected chi connectivity index (χ1v) is 9.18. The molecule has 0 N–H and O–H groups in total. The summed E-state index contributed by atoms with van der Waals surface area (Å²) in [5.41, 5.74) is 3.79. The number of hydrogen-bond donors (Lipinski definition) is 0. The molecule has 3 heteroatoms. The number of hydrogen-bond acceptors (Lipinski definition) is 3. The van der Waals surface area contributed by atoms with Gasteiger partial charge in [0.25, 0.3) is 0 Å². The standard InChI is InChI=1S/C25H20O3/c1-18-9-11-20(12-10-18)16-24-25(26)22-14-13-21(17-23(22)28-24)27-15-5-8-19-6-3-2-4-7-19/h2-14,16-17H,15H2,1H3. The number of benzene rings is 3. The Kier molecular flexibility index (Phi) is 5.07. The first kappa shape index (κ1) is 17.8. The van der Waals surface area contributed by atoms with Gasteiger partial charge in [0.05, 0.1) is 5.56 Å². The molecular formula is C25H20O3. The van der Waals surface area contributed by atoms with E-state index in [1.807, 2.05) is 73.7 Å². The van der Waals surface area contributed by atoms with Gasteiger partial charge in [-0.25, -0.2) is 0 Å². The van der Waals surface area contributed by atoms with Crippen molar-refractivity contribution in [3.8, 4) is 11.5 Å². The largest absolute Gasteiger partial charge is 0.489 e. The number of fused-ring (bicyclic) bond motifs is 1. The fourth-order valence-corrected chi connectivity index (χ4v) is 2.96.